The quantitative estimate of drug-likeness (QED) is 0.538. The Hall–Kier alpha value is -0.160. The van der Waals surface area contributed by atoms with Crippen LogP contribution in [0.1, 0.15) is 40.0 Å². The first-order valence-electron chi connectivity index (χ1n) is 6.84. The molecule has 0 rings (SSSR count). The summed E-state index contributed by atoms with van der Waals surface area (Å²) >= 11 is 0. The van der Waals surface area contributed by atoms with Crippen molar-refractivity contribution in [3.63, 3.8) is 0 Å². The van der Waals surface area contributed by atoms with E-state index < -0.39 is 0 Å². The number of nitrogens with two attached hydrogens (primary N) is 1. The van der Waals surface area contributed by atoms with Gasteiger partial charge < -0.3 is 15.6 Å². The van der Waals surface area contributed by atoms with Crippen molar-refractivity contribution >= 4 is 0 Å². The van der Waals surface area contributed by atoms with E-state index in [-0.39, 0.29) is 12.1 Å². The molecule has 0 saturated heterocycles. The van der Waals surface area contributed by atoms with Gasteiger partial charge in [0.1, 0.15) is 0 Å². The van der Waals surface area contributed by atoms with E-state index >= 15 is 0 Å². The van der Waals surface area contributed by atoms with Crippen LogP contribution in [0, 0.1) is 0 Å². The van der Waals surface area contributed by atoms with Crippen LogP contribution in [0.3, 0.4) is 0 Å². The Morgan fingerprint density at radius 3 is 2.18 bits per heavy atom. The van der Waals surface area contributed by atoms with Gasteiger partial charge in [0.05, 0.1) is 19.8 Å². The Morgan fingerprint density at radius 2 is 1.76 bits per heavy atom. The van der Waals surface area contributed by atoms with E-state index in [0.29, 0.717) is 19.8 Å². The lowest BCUT2D eigenvalue weighted by atomic mass is 9.90. The summed E-state index contributed by atoms with van der Waals surface area (Å²) in [6.07, 6.45) is 3.27. The topological polar surface area (TPSA) is 58.7 Å². The third-order valence-electron chi connectivity index (χ3n) is 3.60. The van der Waals surface area contributed by atoms with Crippen molar-refractivity contribution in [3.05, 3.63) is 0 Å². The van der Waals surface area contributed by atoms with Gasteiger partial charge in [0.2, 0.25) is 0 Å². The zero-order chi connectivity index (χ0) is 13.1. The highest BCUT2D eigenvalue weighted by molar-refractivity contribution is 4.89. The molecule has 0 aromatic heterocycles. The first-order valence-corrected chi connectivity index (χ1v) is 6.84. The van der Waals surface area contributed by atoms with Gasteiger partial charge in [-0.3, -0.25) is 4.90 Å². The molecule has 4 nitrogen and oxygen atoms in total. The number of ether oxygens (including phenoxy) is 1. The third-order valence-corrected chi connectivity index (χ3v) is 3.60. The number of aliphatic hydroxyl groups is 1. The largest absolute Gasteiger partial charge is 0.394 e. The van der Waals surface area contributed by atoms with Crippen molar-refractivity contribution in [2.75, 3.05) is 39.5 Å². The lowest BCUT2D eigenvalue weighted by Crippen LogP contribution is -2.54. The summed E-state index contributed by atoms with van der Waals surface area (Å²) in [5.74, 6) is 0. The van der Waals surface area contributed by atoms with Crippen LogP contribution in [-0.4, -0.2) is 55.0 Å². The zero-order valence-corrected chi connectivity index (χ0v) is 11.7. The zero-order valence-electron chi connectivity index (χ0n) is 11.7. The van der Waals surface area contributed by atoms with Crippen molar-refractivity contribution in [2.45, 2.75) is 45.6 Å². The average Bonchev–Trinajstić information content (AvgIpc) is 2.37. The molecule has 0 aliphatic carbocycles. The highest BCUT2D eigenvalue weighted by Gasteiger charge is 2.30. The number of hydrogen-bond donors (Lipinski definition) is 2. The van der Waals surface area contributed by atoms with Crippen LogP contribution >= 0.6 is 0 Å². The van der Waals surface area contributed by atoms with E-state index in [2.05, 4.69) is 25.7 Å². The molecule has 0 aromatic rings. The van der Waals surface area contributed by atoms with Crippen LogP contribution in [0.25, 0.3) is 0 Å². The maximum atomic E-state index is 8.67. The third kappa shape index (κ3) is 5.34. The average molecular weight is 246 g/mol. The van der Waals surface area contributed by atoms with Crippen LogP contribution in [0.2, 0.25) is 0 Å². The van der Waals surface area contributed by atoms with Gasteiger partial charge in [0, 0.05) is 18.6 Å². The summed E-state index contributed by atoms with van der Waals surface area (Å²) in [6.45, 7) is 10.4. The SMILES string of the molecule is CCCN(CCOCCO)C(CC)(CC)CN. The van der Waals surface area contributed by atoms with E-state index in [1.54, 1.807) is 0 Å². The molecule has 0 fully saturated rings. The molecule has 0 spiro atoms. The number of rotatable bonds is 11. The summed E-state index contributed by atoms with van der Waals surface area (Å²) in [7, 11) is 0. The fourth-order valence-electron chi connectivity index (χ4n) is 2.31. The van der Waals surface area contributed by atoms with Gasteiger partial charge >= 0.3 is 0 Å². The molecule has 0 aliphatic rings. The second-order valence-corrected chi connectivity index (χ2v) is 4.46. The summed E-state index contributed by atoms with van der Waals surface area (Å²) in [4.78, 5) is 2.45. The molecule has 0 atom stereocenters. The summed E-state index contributed by atoms with van der Waals surface area (Å²) in [5.41, 5.74) is 6.08. The predicted octanol–water partition coefficient (Wildman–Crippen LogP) is 1.22. The minimum Gasteiger partial charge on any atom is -0.394 e. The predicted molar refractivity (Wildman–Crippen MR) is 72.1 cm³/mol. The summed E-state index contributed by atoms with van der Waals surface area (Å²) in [6, 6.07) is 0. The molecule has 3 N–H and O–H groups in total. The normalized spacial score (nSPS) is 12.4. The Kier molecular flexibility index (Phi) is 9.74. The Labute approximate surface area is 106 Å². The number of hydrogen-bond acceptors (Lipinski definition) is 4. The Morgan fingerprint density at radius 1 is 1.12 bits per heavy atom. The van der Waals surface area contributed by atoms with Gasteiger partial charge in [0.25, 0.3) is 0 Å². The fourth-order valence-corrected chi connectivity index (χ4v) is 2.31. The van der Waals surface area contributed by atoms with Crippen LogP contribution in [0.4, 0.5) is 0 Å². The van der Waals surface area contributed by atoms with Crippen molar-refractivity contribution in [3.8, 4) is 0 Å². The van der Waals surface area contributed by atoms with Crippen molar-refractivity contribution < 1.29 is 9.84 Å². The number of aliphatic hydroxyl groups excluding tert-OH is 1. The maximum Gasteiger partial charge on any atom is 0.0698 e. The highest BCUT2D eigenvalue weighted by Crippen LogP contribution is 2.22. The van der Waals surface area contributed by atoms with E-state index in [9.17, 15) is 0 Å². The van der Waals surface area contributed by atoms with E-state index in [1.807, 2.05) is 0 Å². The Bertz CT molecular complexity index is 165. The van der Waals surface area contributed by atoms with Crippen molar-refractivity contribution in [1.82, 2.24) is 4.90 Å². The number of nitrogens with zero attached hydrogens (tertiary/aromatic N) is 1. The van der Waals surface area contributed by atoms with E-state index in [4.69, 9.17) is 15.6 Å². The molecule has 0 saturated carbocycles. The lowest BCUT2D eigenvalue weighted by Gasteiger charge is -2.42. The standard InChI is InChI=1S/C13H30N2O2/c1-4-7-15(8-10-17-11-9-16)13(5-2,6-3)12-14/h16H,4-12,14H2,1-3H3. The smallest absolute Gasteiger partial charge is 0.0698 e. The molecule has 0 unspecified atom stereocenters. The molecule has 4 heteroatoms. The molecule has 0 radical (unpaired) electrons. The van der Waals surface area contributed by atoms with E-state index in [0.717, 1.165) is 32.4 Å². The molecule has 0 amide bonds. The lowest BCUT2D eigenvalue weighted by molar-refractivity contribution is 0.0294. The van der Waals surface area contributed by atoms with Gasteiger partial charge in [-0.25, -0.2) is 0 Å². The van der Waals surface area contributed by atoms with Gasteiger partial charge in [-0.2, -0.15) is 0 Å². The molecule has 0 heterocycles. The molecule has 0 bridgehead atoms. The molecule has 0 aromatic carbocycles. The molecule has 17 heavy (non-hydrogen) atoms. The first-order chi connectivity index (χ1) is 8.20. The van der Waals surface area contributed by atoms with Crippen LogP contribution in [0.5, 0.6) is 0 Å². The van der Waals surface area contributed by atoms with Crippen molar-refractivity contribution in [2.24, 2.45) is 5.73 Å². The molecular formula is C13H30N2O2. The van der Waals surface area contributed by atoms with Crippen molar-refractivity contribution in [1.29, 1.82) is 0 Å². The monoisotopic (exact) mass is 246 g/mol. The highest BCUT2D eigenvalue weighted by atomic mass is 16.5. The van der Waals surface area contributed by atoms with Gasteiger partial charge in [-0.1, -0.05) is 20.8 Å². The first kappa shape index (κ1) is 16.8. The van der Waals surface area contributed by atoms with Gasteiger partial charge in [-0.05, 0) is 25.8 Å². The van der Waals surface area contributed by atoms with Crippen LogP contribution in [-0.2, 0) is 4.74 Å². The van der Waals surface area contributed by atoms with Gasteiger partial charge in [-0.15, -0.1) is 0 Å². The van der Waals surface area contributed by atoms with Gasteiger partial charge in [0.15, 0.2) is 0 Å². The molecular weight excluding hydrogens is 216 g/mol. The minimum atomic E-state index is 0.0946. The minimum absolute atomic E-state index is 0.0946. The van der Waals surface area contributed by atoms with Crippen LogP contribution < -0.4 is 5.73 Å². The van der Waals surface area contributed by atoms with Crippen LogP contribution in [0.15, 0.2) is 0 Å². The fraction of sp³-hybridized carbons (Fsp3) is 1.00. The maximum absolute atomic E-state index is 8.67. The summed E-state index contributed by atoms with van der Waals surface area (Å²) < 4.78 is 5.36. The molecule has 0 aliphatic heterocycles. The molecule has 104 valence electrons. The second kappa shape index (κ2) is 9.83. The second-order valence-electron chi connectivity index (χ2n) is 4.46. The summed E-state index contributed by atoms with van der Waals surface area (Å²) in [5, 5.41) is 8.67. The van der Waals surface area contributed by atoms with E-state index in [1.165, 1.54) is 0 Å². The Balaban J connectivity index is 4.35.